The van der Waals surface area contributed by atoms with Gasteiger partial charge in [-0.25, -0.2) is 4.79 Å². The number of nitrogens with one attached hydrogen (secondary N) is 2. The van der Waals surface area contributed by atoms with Gasteiger partial charge in [0, 0.05) is 6.54 Å². The van der Waals surface area contributed by atoms with Crippen LogP contribution in [0.5, 0.6) is 17.2 Å². The maximum Gasteiger partial charge on any atom is 0.315 e. The Morgan fingerprint density at radius 3 is 2.59 bits per heavy atom. The standard InChI is InChI=1S/C21H26N2O4/c1-25-19-9-6-15(12-20(19)26-2)14-23-21(24)22-10-11-27-18-8-7-16-4-3-5-17(16)13-18/h6-9,12-13H,3-5,10-11,14H2,1-2H3,(H2,22,23,24). The van der Waals surface area contributed by atoms with Gasteiger partial charge in [0.05, 0.1) is 20.8 Å². The van der Waals surface area contributed by atoms with Crippen molar-refractivity contribution in [3.05, 3.63) is 53.1 Å². The molecule has 2 N–H and O–H groups in total. The number of carbonyl (C=O) groups is 1. The molecule has 3 rings (SSSR count). The number of carbonyl (C=O) groups excluding carboxylic acids is 1. The zero-order valence-electron chi connectivity index (χ0n) is 15.8. The largest absolute Gasteiger partial charge is 0.493 e. The number of methoxy groups -OCH3 is 2. The number of aryl methyl sites for hydroxylation is 2. The van der Waals surface area contributed by atoms with E-state index in [0.29, 0.717) is 31.2 Å². The lowest BCUT2D eigenvalue weighted by molar-refractivity contribution is 0.236. The number of hydrogen-bond acceptors (Lipinski definition) is 4. The molecule has 6 nitrogen and oxygen atoms in total. The van der Waals surface area contributed by atoms with Gasteiger partial charge in [0.2, 0.25) is 0 Å². The molecule has 0 fully saturated rings. The first-order valence-electron chi connectivity index (χ1n) is 9.17. The Bertz CT molecular complexity index is 792. The molecule has 2 amide bonds. The lowest BCUT2D eigenvalue weighted by Crippen LogP contribution is -2.37. The van der Waals surface area contributed by atoms with Gasteiger partial charge in [-0.2, -0.15) is 0 Å². The third-order valence-electron chi connectivity index (χ3n) is 4.63. The first-order chi connectivity index (χ1) is 13.2. The molecule has 1 aliphatic carbocycles. The second kappa shape index (κ2) is 9.16. The van der Waals surface area contributed by atoms with E-state index in [-0.39, 0.29) is 6.03 Å². The average molecular weight is 370 g/mol. The summed E-state index contributed by atoms with van der Waals surface area (Å²) in [4.78, 5) is 11.9. The van der Waals surface area contributed by atoms with Crippen molar-refractivity contribution in [2.24, 2.45) is 0 Å². The second-order valence-corrected chi connectivity index (χ2v) is 6.43. The number of hydrogen-bond donors (Lipinski definition) is 2. The van der Waals surface area contributed by atoms with Crippen molar-refractivity contribution in [1.29, 1.82) is 0 Å². The van der Waals surface area contributed by atoms with Crippen molar-refractivity contribution in [3.8, 4) is 17.2 Å². The molecule has 0 radical (unpaired) electrons. The first kappa shape index (κ1) is 18.9. The van der Waals surface area contributed by atoms with Crippen LogP contribution in [0.25, 0.3) is 0 Å². The molecule has 2 aromatic carbocycles. The summed E-state index contributed by atoms with van der Waals surface area (Å²) in [6.45, 7) is 1.27. The van der Waals surface area contributed by atoms with Crippen LogP contribution in [0.3, 0.4) is 0 Å². The minimum Gasteiger partial charge on any atom is -0.493 e. The summed E-state index contributed by atoms with van der Waals surface area (Å²) in [6, 6.07) is 11.6. The van der Waals surface area contributed by atoms with Crippen molar-refractivity contribution in [3.63, 3.8) is 0 Å². The summed E-state index contributed by atoms with van der Waals surface area (Å²) < 4.78 is 16.2. The molecule has 0 spiro atoms. The highest BCUT2D eigenvalue weighted by atomic mass is 16.5. The fourth-order valence-corrected chi connectivity index (χ4v) is 3.21. The van der Waals surface area contributed by atoms with Crippen LogP contribution < -0.4 is 24.8 Å². The molecular formula is C21H26N2O4. The van der Waals surface area contributed by atoms with Crippen molar-refractivity contribution < 1.29 is 19.0 Å². The lowest BCUT2D eigenvalue weighted by atomic mass is 10.1. The van der Waals surface area contributed by atoms with Crippen LogP contribution in [0.4, 0.5) is 4.79 Å². The molecule has 0 saturated carbocycles. The molecule has 1 aliphatic rings. The summed E-state index contributed by atoms with van der Waals surface area (Å²) in [5.74, 6) is 2.16. The molecule has 0 aliphatic heterocycles. The monoisotopic (exact) mass is 370 g/mol. The number of fused-ring (bicyclic) bond motifs is 1. The molecule has 0 unspecified atom stereocenters. The van der Waals surface area contributed by atoms with Crippen LogP contribution in [0.1, 0.15) is 23.1 Å². The molecule has 2 aromatic rings. The predicted molar refractivity (Wildman–Crippen MR) is 104 cm³/mol. The number of rotatable bonds is 8. The van der Waals surface area contributed by atoms with Crippen molar-refractivity contribution in [1.82, 2.24) is 10.6 Å². The topological polar surface area (TPSA) is 68.8 Å². The molecule has 0 bridgehead atoms. The van der Waals surface area contributed by atoms with E-state index in [2.05, 4.69) is 22.8 Å². The number of amides is 2. The summed E-state index contributed by atoms with van der Waals surface area (Å²) in [5.41, 5.74) is 3.74. The Balaban J connectivity index is 1.37. The van der Waals surface area contributed by atoms with E-state index in [1.807, 2.05) is 24.3 Å². The van der Waals surface area contributed by atoms with E-state index in [0.717, 1.165) is 24.2 Å². The zero-order chi connectivity index (χ0) is 19.1. The second-order valence-electron chi connectivity index (χ2n) is 6.43. The van der Waals surface area contributed by atoms with Gasteiger partial charge >= 0.3 is 6.03 Å². The lowest BCUT2D eigenvalue weighted by Gasteiger charge is -2.12. The van der Waals surface area contributed by atoms with E-state index >= 15 is 0 Å². The van der Waals surface area contributed by atoms with Crippen molar-refractivity contribution >= 4 is 6.03 Å². The Kier molecular flexibility index (Phi) is 6.41. The highest BCUT2D eigenvalue weighted by Crippen LogP contribution is 2.27. The van der Waals surface area contributed by atoms with Crippen LogP contribution in [0.2, 0.25) is 0 Å². The normalized spacial score (nSPS) is 12.2. The van der Waals surface area contributed by atoms with Gasteiger partial charge in [-0.3, -0.25) is 0 Å². The Hall–Kier alpha value is -2.89. The summed E-state index contributed by atoms with van der Waals surface area (Å²) in [5, 5.41) is 5.61. The van der Waals surface area contributed by atoms with E-state index in [1.165, 1.54) is 17.5 Å². The van der Waals surface area contributed by atoms with E-state index < -0.39 is 0 Å². The third-order valence-corrected chi connectivity index (χ3v) is 4.63. The third kappa shape index (κ3) is 5.06. The Morgan fingerprint density at radius 2 is 1.78 bits per heavy atom. The SMILES string of the molecule is COc1ccc(CNC(=O)NCCOc2ccc3c(c2)CCC3)cc1OC. The van der Waals surface area contributed by atoms with Gasteiger partial charge in [0.15, 0.2) is 11.5 Å². The van der Waals surface area contributed by atoms with Crippen molar-refractivity contribution in [2.75, 3.05) is 27.4 Å². The van der Waals surface area contributed by atoms with Gasteiger partial charge in [0.25, 0.3) is 0 Å². The van der Waals surface area contributed by atoms with Crippen LogP contribution in [-0.4, -0.2) is 33.4 Å². The quantitative estimate of drug-likeness (QED) is 0.701. The van der Waals surface area contributed by atoms with Crippen LogP contribution in [0, 0.1) is 0 Å². The maximum absolute atomic E-state index is 11.9. The fraction of sp³-hybridized carbons (Fsp3) is 0.381. The first-order valence-corrected chi connectivity index (χ1v) is 9.17. The highest BCUT2D eigenvalue weighted by Gasteiger charge is 2.11. The molecule has 0 saturated heterocycles. The number of urea groups is 1. The molecule has 0 heterocycles. The van der Waals surface area contributed by atoms with Gasteiger partial charge in [-0.05, 0) is 60.2 Å². The summed E-state index contributed by atoms with van der Waals surface area (Å²) in [7, 11) is 3.18. The van der Waals surface area contributed by atoms with Gasteiger partial charge in [-0.15, -0.1) is 0 Å². The van der Waals surface area contributed by atoms with Crippen LogP contribution in [-0.2, 0) is 19.4 Å². The molecule has 0 aromatic heterocycles. The van der Waals surface area contributed by atoms with Gasteiger partial charge < -0.3 is 24.8 Å². The number of ether oxygens (including phenoxy) is 3. The smallest absolute Gasteiger partial charge is 0.315 e. The highest BCUT2D eigenvalue weighted by molar-refractivity contribution is 5.73. The Labute approximate surface area is 159 Å². The maximum atomic E-state index is 11.9. The summed E-state index contributed by atoms with van der Waals surface area (Å²) in [6.07, 6.45) is 3.52. The van der Waals surface area contributed by atoms with Crippen molar-refractivity contribution in [2.45, 2.75) is 25.8 Å². The number of benzene rings is 2. The minimum absolute atomic E-state index is 0.234. The van der Waals surface area contributed by atoms with E-state index in [1.54, 1.807) is 14.2 Å². The molecule has 144 valence electrons. The average Bonchev–Trinajstić information content (AvgIpc) is 3.17. The van der Waals surface area contributed by atoms with Crippen LogP contribution >= 0.6 is 0 Å². The molecule has 6 heteroatoms. The minimum atomic E-state index is -0.234. The Morgan fingerprint density at radius 1 is 0.963 bits per heavy atom. The molecule has 27 heavy (non-hydrogen) atoms. The van der Waals surface area contributed by atoms with E-state index in [9.17, 15) is 4.79 Å². The zero-order valence-corrected chi connectivity index (χ0v) is 15.8. The van der Waals surface area contributed by atoms with Gasteiger partial charge in [-0.1, -0.05) is 12.1 Å². The molecule has 0 atom stereocenters. The summed E-state index contributed by atoms with van der Waals surface area (Å²) >= 11 is 0. The molecular weight excluding hydrogens is 344 g/mol. The predicted octanol–water partition coefficient (Wildman–Crippen LogP) is 3.07. The van der Waals surface area contributed by atoms with Gasteiger partial charge in [0.1, 0.15) is 12.4 Å². The fourth-order valence-electron chi connectivity index (χ4n) is 3.21. The van der Waals surface area contributed by atoms with Crippen LogP contribution in [0.15, 0.2) is 36.4 Å². The van der Waals surface area contributed by atoms with E-state index in [4.69, 9.17) is 14.2 Å².